The fourth-order valence-electron chi connectivity index (χ4n) is 3.71. The van der Waals surface area contributed by atoms with Crippen LogP contribution in [0.4, 0.5) is 0 Å². The van der Waals surface area contributed by atoms with E-state index in [1.165, 1.54) is 0 Å². The predicted octanol–water partition coefficient (Wildman–Crippen LogP) is 3.78. The van der Waals surface area contributed by atoms with Crippen molar-refractivity contribution in [2.75, 3.05) is 0 Å². The van der Waals surface area contributed by atoms with Crippen molar-refractivity contribution in [3.8, 4) is 0 Å². The van der Waals surface area contributed by atoms with E-state index in [2.05, 4.69) is 34.3 Å². The first kappa shape index (κ1) is 19.9. The Labute approximate surface area is 163 Å². The molecule has 3 atom stereocenters. The van der Waals surface area contributed by atoms with Crippen molar-refractivity contribution in [1.82, 2.24) is 20.4 Å². The standard InChI is InChI=1S/C19H28N4O3S/c1-11(2)9-19(17(24)25-18(4,5)6)10-13(15-21-12(3)23-26-15)14(22-19)16-20-7-8-27-16/h7-8,11,13-14,22H,9-10H2,1-6H3/t13-,14+,19-/m0/s1. The normalized spacial score (nSPS) is 25.9. The molecule has 1 fully saturated rings. The van der Waals surface area contributed by atoms with Crippen molar-refractivity contribution in [2.45, 2.75) is 77.5 Å². The van der Waals surface area contributed by atoms with E-state index < -0.39 is 11.1 Å². The molecule has 0 saturated carbocycles. The van der Waals surface area contributed by atoms with E-state index >= 15 is 0 Å². The highest BCUT2D eigenvalue weighted by atomic mass is 32.1. The molecule has 1 aliphatic rings. The maximum absolute atomic E-state index is 13.2. The van der Waals surface area contributed by atoms with Crippen LogP contribution in [0, 0.1) is 12.8 Å². The van der Waals surface area contributed by atoms with Gasteiger partial charge in [0.05, 0.1) is 12.0 Å². The lowest BCUT2D eigenvalue weighted by molar-refractivity contribution is -0.163. The Bertz CT molecular complexity index is 781. The quantitative estimate of drug-likeness (QED) is 0.774. The third-order valence-corrected chi connectivity index (χ3v) is 5.39. The molecule has 0 aliphatic carbocycles. The SMILES string of the molecule is Cc1noc([C@H]2C[C@@](CC(C)C)(C(=O)OC(C)(C)C)N[C@H]2c2nccs2)n1. The molecule has 0 spiro atoms. The van der Waals surface area contributed by atoms with Crippen LogP contribution >= 0.6 is 11.3 Å². The molecule has 7 nitrogen and oxygen atoms in total. The van der Waals surface area contributed by atoms with Gasteiger partial charge in [0.2, 0.25) is 5.89 Å². The number of nitrogens with zero attached hydrogens (tertiary/aromatic N) is 3. The van der Waals surface area contributed by atoms with Crippen molar-refractivity contribution >= 4 is 17.3 Å². The Hall–Kier alpha value is -1.80. The van der Waals surface area contributed by atoms with Crippen molar-refractivity contribution in [3.05, 3.63) is 28.3 Å². The summed E-state index contributed by atoms with van der Waals surface area (Å²) in [4.78, 5) is 22.2. The fourth-order valence-corrected chi connectivity index (χ4v) is 4.46. The minimum Gasteiger partial charge on any atom is -0.459 e. The second-order valence-corrected chi connectivity index (χ2v) is 9.59. The topological polar surface area (TPSA) is 90.1 Å². The number of nitrogens with one attached hydrogen (secondary N) is 1. The highest BCUT2D eigenvalue weighted by Crippen LogP contribution is 2.47. The third kappa shape index (κ3) is 4.38. The monoisotopic (exact) mass is 392 g/mol. The molecular formula is C19H28N4O3S. The van der Waals surface area contributed by atoms with Crippen LogP contribution in [0.25, 0.3) is 0 Å². The van der Waals surface area contributed by atoms with Gasteiger partial charge in [0.25, 0.3) is 0 Å². The number of esters is 1. The van der Waals surface area contributed by atoms with Gasteiger partial charge in [0.1, 0.15) is 16.1 Å². The summed E-state index contributed by atoms with van der Waals surface area (Å²) < 4.78 is 11.3. The molecule has 0 amide bonds. The van der Waals surface area contributed by atoms with Crippen molar-refractivity contribution in [3.63, 3.8) is 0 Å². The van der Waals surface area contributed by atoms with E-state index in [0.717, 1.165) is 5.01 Å². The number of aryl methyl sites for hydroxylation is 1. The smallest absolute Gasteiger partial charge is 0.326 e. The second-order valence-electron chi connectivity index (χ2n) is 8.66. The summed E-state index contributed by atoms with van der Waals surface area (Å²) >= 11 is 1.55. The van der Waals surface area contributed by atoms with Gasteiger partial charge in [-0.15, -0.1) is 11.3 Å². The molecular weight excluding hydrogens is 364 g/mol. The second kappa shape index (κ2) is 7.31. The van der Waals surface area contributed by atoms with Gasteiger partial charge in [0, 0.05) is 11.6 Å². The van der Waals surface area contributed by atoms with Crippen LogP contribution in [0.3, 0.4) is 0 Å². The first-order valence-corrected chi connectivity index (χ1v) is 10.2. The molecule has 2 aromatic heterocycles. The van der Waals surface area contributed by atoms with Gasteiger partial charge in [-0.25, -0.2) is 4.98 Å². The Kier molecular flexibility index (Phi) is 5.40. The van der Waals surface area contributed by atoms with Crippen LogP contribution in [0.5, 0.6) is 0 Å². The average Bonchev–Trinajstić information content (AvgIpc) is 3.23. The number of carbonyl (C=O) groups excluding carboxylic acids is 1. The van der Waals surface area contributed by atoms with E-state index in [4.69, 9.17) is 9.26 Å². The first-order chi connectivity index (χ1) is 12.6. The van der Waals surface area contributed by atoms with Crippen LogP contribution in [-0.2, 0) is 9.53 Å². The first-order valence-electron chi connectivity index (χ1n) is 9.30. The summed E-state index contributed by atoms with van der Waals surface area (Å²) in [5.74, 6) is 1.06. The Morgan fingerprint density at radius 1 is 1.48 bits per heavy atom. The van der Waals surface area contributed by atoms with Crippen LogP contribution in [0.1, 0.15) is 76.1 Å². The van der Waals surface area contributed by atoms with Gasteiger partial charge in [-0.3, -0.25) is 10.1 Å². The zero-order chi connectivity index (χ0) is 19.8. The van der Waals surface area contributed by atoms with Crippen molar-refractivity contribution in [2.24, 2.45) is 5.92 Å². The Balaban J connectivity index is 2.00. The number of carbonyl (C=O) groups is 1. The van der Waals surface area contributed by atoms with Crippen molar-refractivity contribution in [1.29, 1.82) is 0 Å². The zero-order valence-electron chi connectivity index (χ0n) is 16.8. The number of hydrogen-bond donors (Lipinski definition) is 1. The van der Waals surface area contributed by atoms with Gasteiger partial charge >= 0.3 is 5.97 Å². The maximum Gasteiger partial charge on any atom is 0.326 e. The Morgan fingerprint density at radius 2 is 2.22 bits per heavy atom. The van der Waals surface area contributed by atoms with Gasteiger partial charge in [0.15, 0.2) is 5.82 Å². The van der Waals surface area contributed by atoms with Crippen LogP contribution < -0.4 is 5.32 Å². The number of hydrogen-bond acceptors (Lipinski definition) is 8. The molecule has 1 N–H and O–H groups in total. The average molecular weight is 393 g/mol. The highest BCUT2D eigenvalue weighted by molar-refractivity contribution is 7.09. The van der Waals surface area contributed by atoms with Crippen LogP contribution in [0.15, 0.2) is 16.1 Å². The van der Waals surface area contributed by atoms with Gasteiger partial charge in [-0.05, 0) is 46.5 Å². The van der Waals surface area contributed by atoms with Gasteiger partial charge < -0.3 is 9.26 Å². The highest BCUT2D eigenvalue weighted by Gasteiger charge is 2.54. The molecule has 3 rings (SSSR count). The number of aromatic nitrogens is 3. The van der Waals surface area contributed by atoms with Gasteiger partial charge in [-0.2, -0.15) is 4.98 Å². The predicted molar refractivity (Wildman–Crippen MR) is 102 cm³/mol. The molecule has 1 saturated heterocycles. The maximum atomic E-state index is 13.2. The molecule has 148 valence electrons. The molecule has 27 heavy (non-hydrogen) atoms. The van der Waals surface area contributed by atoms with E-state index in [-0.39, 0.29) is 17.9 Å². The molecule has 2 aromatic rings. The van der Waals surface area contributed by atoms with Crippen LogP contribution in [-0.4, -0.2) is 32.2 Å². The van der Waals surface area contributed by atoms with Crippen LogP contribution in [0.2, 0.25) is 0 Å². The summed E-state index contributed by atoms with van der Waals surface area (Å²) in [7, 11) is 0. The lowest BCUT2D eigenvalue weighted by atomic mass is 9.84. The summed E-state index contributed by atoms with van der Waals surface area (Å²) in [5.41, 5.74) is -1.37. The molecule has 0 radical (unpaired) electrons. The van der Waals surface area contributed by atoms with Gasteiger partial charge in [-0.1, -0.05) is 19.0 Å². The van der Waals surface area contributed by atoms with E-state index in [9.17, 15) is 4.79 Å². The number of ether oxygens (including phenoxy) is 1. The van der Waals surface area contributed by atoms with E-state index in [1.54, 1.807) is 24.5 Å². The molecule has 0 aromatic carbocycles. The van der Waals surface area contributed by atoms with E-state index in [0.29, 0.717) is 30.5 Å². The summed E-state index contributed by atoms with van der Waals surface area (Å²) in [6.45, 7) is 11.7. The molecule has 3 heterocycles. The van der Waals surface area contributed by atoms with E-state index in [1.807, 2.05) is 26.2 Å². The molecule has 8 heteroatoms. The Morgan fingerprint density at radius 3 is 2.74 bits per heavy atom. The lowest BCUT2D eigenvalue weighted by Crippen LogP contribution is -2.52. The third-order valence-electron chi connectivity index (χ3n) is 4.53. The molecule has 0 unspecified atom stereocenters. The summed E-state index contributed by atoms with van der Waals surface area (Å²) in [6.07, 6.45) is 2.97. The summed E-state index contributed by atoms with van der Waals surface area (Å²) in [5, 5.41) is 10.3. The molecule has 1 aliphatic heterocycles. The minimum absolute atomic E-state index is 0.136. The minimum atomic E-state index is -0.815. The molecule has 0 bridgehead atoms. The lowest BCUT2D eigenvalue weighted by Gasteiger charge is -2.33. The number of rotatable bonds is 5. The zero-order valence-corrected chi connectivity index (χ0v) is 17.6. The fraction of sp³-hybridized carbons (Fsp3) is 0.684. The van der Waals surface area contributed by atoms with Crippen molar-refractivity contribution < 1.29 is 14.1 Å². The number of thiazole rings is 1. The summed E-state index contributed by atoms with van der Waals surface area (Å²) in [6, 6.07) is -0.170. The largest absolute Gasteiger partial charge is 0.459 e.